The summed E-state index contributed by atoms with van der Waals surface area (Å²) in [5.41, 5.74) is 3.33. The van der Waals surface area contributed by atoms with Crippen molar-refractivity contribution in [1.82, 2.24) is 14.9 Å². The van der Waals surface area contributed by atoms with E-state index in [0.29, 0.717) is 30.2 Å². The fourth-order valence-corrected chi connectivity index (χ4v) is 3.23. The Labute approximate surface area is 156 Å². The summed E-state index contributed by atoms with van der Waals surface area (Å²) in [6, 6.07) is 16.3. The predicted molar refractivity (Wildman–Crippen MR) is 101 cm³/mol. The molecule has 2 heterocycles. The van der Waals surface area contributed by atoms with Crippen molar-refractivity contribution in [2.45, 2.75) is 19.5 Å². The minimum Gasteiger partial charge on any atom is -0.366 e. The minimum atomic E-state index is -0.276. The van der Waals surface area contributed by atoms with E-state index in [1.54, 1.807) is 29.2 Å². The summed E-state index contributed by atoms with van der Waals surface area (Å²) in [5.74, 6) is 0.0946. The molecule has 0 spiro atoms. The van der Waals surface area contributed by atoms with Gasteiger partial charge in [-0.15, -0.1) is 0 Å². The maximum absolute atomic E-state index is 13.7. The van der Waals surface area contributed by atoms with E-state index in [0.717, 1.165) is 6.42 Å². The first-order valence-corrected chi connectivity index (χ1v) is 8.86. The Bertz CT molecular complexity index is 976. The van der Waals surface area contributed by atoms with Crippen molar-refractivity contribution in [1.29, 1.82) is 0 Å². The number of aromatic nitrogens is 2. The lowest BCUT2D eigenvalue weighted by molar-refractivity contribution is 0.0728. The molecule has 4 rings (SSSR count). The molecule has 1 aromatic heterocycles. The van der Waals surface area contributed by atoms with Gasteiger partial charge in [-0.1, -0.05) is 42.5 Å². The molecule has 6 heteroatoms. The molecule has 0 aliphatic carbocycles. The number of nitrogens with one attached hydrogen (secondary N) is 1. The Morgan fingerprint density at radius 2 is 1.85 bits per heavy atom. The summed E-state index contributed by atoms with van der Waals surface area (Å²) in [4.78, 5) is 22.9. The van der Waals surface area contributed by atoms with Crippen LogP contribution in [0, 0.1) is 5.82 Å². The predicted octanol–water partition coefficient (Wildman–Crippen LogP) is 3.43. The highest BCUT2D eigenvalue weighted by Gasteiger charge is 2.22. The summed E-state index contributed by atoms with van der Waals surface area (Å²) >= 11 is 0. The highest BCUT2D eigenvalue weighted by molar-refractivity contribution is 5.93. The van der Waals surface area contributed by atoms with Crippen LogP contribution in [-0.4, -0.2) is 27.3 Å². The maximum Gasteiger partial charge on any atom is 0.272 e. The van der Waals surface area contributed by atoms with E-state index in [9.17, 15) is 9.18 Å². The van der Waals surface area contributed by atoms with Gasteiger partial charge in [0, 0.05) is 31.3 Å². The maximum atomic E-state index is 13.7. The molecule has 0 bridgehead atoms. The zero-order valence-electron chi connectivity index (χ0n) is 14.7. The Morgan fingerprint density at radius 1 is 1.07 bits per heavy atom. The number of rotatable bonds is 4. The van der Waals surface area contributed by atoms with Crippen molar-refractivity contribution in [2.24, 2.45) is 0 Å². The molecule has 5 nitrogen and oxygen atoms in total. The van der Waals surface area contributed by atoms with Crippen LogP contribution in [0.3, 0.4) is 0 Å². The van der Waals surface area contributed by atoms with Crippen molar-refractivity contribution >= 4 is 11.7 Å². The Morgan fingerprint density at radius 3 is 2.70 bits per heavy atom. The van der Waals surface area contributed by atoms with Gasteiger partial charge >= 0.3 is 0 Å². The molecule has 1 amide bonds. The van der Waals surface area contributed by atoms with Crippen molar-refractivity contribution < 1.29 is 9.18 Å². The molecule has 2 aromatic carbocycles. The summed E-state index contributed by atoms with van der Waals surface area (Å²) in [5, 5.41) is 3.05. The quantitative estimate of drug-likeness (QED) is 0.773. The lowest BCUT2D eigenvalue weighted by Crippen LogP contribution is -2.36. The van der Waals surface area contributed by atoms with Gasteiger partial charge in [0.2, 0.25) is 0 Å². The highest BCUT2D eigenvalue weighted by Crippen LogP contribution is 2.20. The third kappa shape index (κ3) is 3.79. The third-order valence-electron chi connectivity index (χ3n) is 4.72. The number of hydrogen-bond donors (Lipinski definition) is 1. The zero-order chi connectivity index (χ0) is 18.6. The number of amides is 1. The normalized spacial score (nSPS) is 13.1. The third-order valence-corrected chi connectivity index (χ3v) is 4.72. The van der Waals surface area contributed by atoms with Gasteiger partial charge in [-0.05, 0) is 23.6 Å². The average molecular weight is 362 g/mol. The number of fused-ring (bicyclic) bond motifs is 1. The molecule has 136 valence electrons. The first kappa shape index (κ1) is 17.1. The van der Waals surface area contributed by atoms with Crippen LogP contribution in [0.1, 0.15) is 27.2 Å². The molecular weight excluding hydrogens is 343 g/mol. The monoisotopic (exact) mass is 362 g/mol. The van der Waals surface area contributed by atoms with Crippen LogP contribution in [0.5, 0.6) is 0 Å². The van der Waals surface area contributed by atoms with Crippen LogP contribution in [-0.2, 0) is 19.5 Å². The van der Waals surface area contributed by atoms with Gasteiger partial charge < -0.3 is 10.2 Å². The van der Waals surface area contributed by atoms with E-state index < -0.39 is 0 Å². The molecule has 1 aliphatic heterocycles. The van der Waals surface area contributed by atoms with Gasteiger partial charge in [0.25, 0.3) is 5.91 Å². The molecule has 0 atom stereocenters. The van der Waals surface area contributed by atoms with Gasteiger partial charge in [0.1, 0.15) is 23.7 Å². The molecule has 0 fully saturated rings. The van der Waals surface area contributed by atoms with Crippen LogP contribution in [0.25, 0.3) is 0 Å². The molecule has 3 aromatic rings. The Balaban J connectivity index is 1.46. The van der Waals surface area contributed by atoms with Crippen LogP contribution in [0.15, 0.2) is 60.9 Å². The second kappa shape index (κ2) is 7.53. The van der Waals surface area contributed by atoms with Crippen LogP contribution < -0.4 is 5.32 Å². The number of carbonyl (C=O) groups is 1. The lowest BCUT2D eigenvalue weighted by atomic mass is 10.00. The van der Waals surface area contributed by atoms with E-state index in [2.05, 4.69) is 27.4 Å². The fourth-order valence-electron chi connectivity index (χ4n) is 3.23. The first-order chi connectivity index (χ1) is 13.2. The summed E-state index contributed by atoms with van der Waals surface area (Å²) in [6.07, 6.45) is 2.19. The molecule has 0 saturated heterocycles. The first-order valence-electron chi connectivity index (χ1n) is 8.86. The van der Waals surface area contributed by atoms with Crippen LogP contribution >= 0.6 is 0 Å². The van der Waals surface area contributed by atoms with Crippen molar-refractivity contribution in [3.8, 4) is 0 Å². The average Bonchev–Trinajstić information content (AvgIpc) is 2.72. The minimum absolute atomic E-state index is 0.124. The van der Waals surface area contributed by atoms with Gasteiger partial charge in [0.05, 0.1) is 0 Å². The van der Waals surface area contributed by atoms with Crippen molar-refractivity contribution in [2.75, 3.05) is 11.9 Å². The van der Waals surface area contributed by atoms with Gasteiger partial charge in [-0.2, -0.15) is 0 Å². The van der Waals surface area contributed by atoms with E-state index >= 15 is 0 Å². The highest BCUT2D eigenvalue weighted by atomic mass is 19.1. The summed E-state index contributed by atoms with van der Waals surface area (Å²) in [7, 11) is 0. The lowest BCUT2D eigenvalue weighted by Gasteiger charge is -2.28. The van der Waals surface area contributed by atoms with Crippen LogP contribution in [0.2, 0.25) is 0 Å². The van der Waals surface area contributed by atoms with Gasteiger partial charge in [-0.25, -0.2) is 14.4 Å². The van der Waals surface area contributed by atoms with E-state index in [1.807, 2.05) is 12.1 Å². The van der Waals surface area contributed by atoms with Crippen molar-refractivity contribution in [3.05, 3.63) is 89.1 Å². The van der Waals surface area contributed by atoms with E-state index in [4.69, 9.17) is 0 Å². The van der Waals surface area contributed by atoms with E-state index in [1.165, 1.54) is 23.5 Å². The molecule has 0 radical (unpaired) electrons. The fraction of sp³-hybridized carbons (Fsp3) is 0.190. The molecule has 0 saturated carbocycles. The smallest absolute Gasteiger partial charge is 0.272 e. The molecule has 27 heavy (non-hydrogen) atoms. The zero-order valence-corrected chi connectivity index (χ0v) is 14.7. The summed E-state index contributed by atoms with van der Waals surface area (Å²) in [6.45, 7) is 1.53. The standard InChI is InChI=1S/C21H19FN4O/c22-18-8-4-3-6-16(18)12-23-20-11-19(24-14-25-20)21(27)26-10-9-15-5-1-2-7-17(15)13-26/h1-8,11,14H,9-10,12-13H2,(H,23,24,25). The van der Waals surface area contributed by atoms with Gasteiger partial charge in [-0.3, -0.25) is 4.79 Å². The number of benzene rings is 2. The topological polar surface area (TPSA) is 58.1 Å². The second-order valence-electron chi connectivity index (χ2n) is 6.48. The number of carbonyl (C=O) groups excluding carboxylic acids is 1. The Hall–Kier alpha value is -3.28. The Kier molecular flexibility index (Phi) is 4.78. The largest absolute Gasteiger partial charge is 0.366 e. The summed E-state index contributed by atoms with van der Waals surface area (Å²) < 4.78 is 13.7. The number of halogens is 1. The molecule has 1 N–H and O–H groups in total. The molecule has 1 aliphatic rings. The number of hydrogen-bond acceptors (Lipinski definition) is 4. The van der Waals surface area contributed by atoms with Crippen molar-refractivity contribution in [3.63, 3.8) is 0 Å². The number of anilines is 1. The van der Waals surface area contributed by atoms with Crippen LogP contribution in [0.4, 0.5) is 10.2 Å². The number of nitrogens with zero attached hydrogens (tertiary/aromatic N) is 3. The molecule has 0 unspecified atom stereocenters. The second-order valence-corrected chi connectivity index (χ2v) is 6.48. The van der Waals surface area contributed by atoms with Gasteiger partial charge in [0.15, 0.2) is 0 Å². The molecular formula is C21H19FN4O. The SMILES string of the molecule is O=C(c1cc(NCc2ccccc2F)ncn1)N1CCc2ccccc2C1. The van der Waals surface area contributed by atoms with E-state index in [-0.39, 0.29) is 18.3 Å².